The number of anilines is 2. The largest absolute Gasteiger partial charge is 0.372 e. The summed E-state index contributed by atoms with van der Waals surface area (Å²) in [5.74, 6) is -0.199. The molecule has 3 amide bonds. The quantitative estimate of drug-likeness (QED) is 0.880. The standard InChI is InChI=1S/C14H17N3O2/c18-13-7-10-17(14(19)15-13)12-5-3-11(4-6-12)16-8-1-2-9-16/h3-6H,1-2,7-10H2,(H,15,18,19). The zero-order valence-corrected chi connectivity index (χ0v) is 10.8. The number of hydrogen-bond donors (Lipinski definition) is 1. The van der Waals surface area contributed by atoms with Crippen LogP contribution in [-0.4, -0.2) is 31.6 Å². The zero-order valence-electron chi connectivity index (χ0n) is 10.8. The molecule has 2 saturated heterocycles. The van der Waals surface area contributed by atoms with Crippen LogP contribution in [0.2, 0.25) is 0 Å². The molecule has 0 spiro atoms. The molecule has 2 aliphatic rings. The average Bonchev–Trinajstić information content (AvgIpc) is 2.93. The third kappa shape index (κ3) is 2.41. The van der Waals surface area contributed by atoms with Crippen LogP contribution in [0.25, 0.3) is 0 Å². The van der Waals surface area contributed by atoms with Gasteiger partial charge in [-0.3, -0.25) is 15.0 Å². The molecule has 5 nitrogen and oxygen atoms in total. The first-order valence-electron chi connectivity index (χ1n) is 6.70. The Morgan fingerprint density at radius 3 is 2.16 bits per heavy atom. The average molecular weight is 259 g/mol. The van der Waals surface area contributed by atoms with E-state index in [0.29, 0.717) is 13.0 Å². The molecule has 0 aliphatic carbocycles. The van der Waals surface area contributed by atoms with Crippen molar-refractivity contribution in [1.29, 1.82) is 0 Å². The summed E-state index contributed by atoms with van der Waals surface area (Å²) in [6.45, 7) is 2.67. The Labute approximate surface area is 112 Å². The van der Waals surface area contributed by atoms with Crippen LogP contribution in [0.4, 0.5) is 16.2 Å². The van der Waals surface area contributed by atoms with Gasteiger partial charge in [0.25, 0.3) is 0 Å². The van der Waals surface area contributed by atoms with Gasteiger partial charge in [0.2, 0.25) is 5.91 Å². The normalized spacial score (nSPS) is 19.8. The lowest BCUT2D eigenvalue weighted by molar-refractivity contribution is -0.120. The maximum atomic E-state index is 11.7. The molecule has 0 unspecified atom stereocenters. The van der Waals surface area contributed by atoms with Crippen molar-refractivity contribution in [1.82, 2.24) is 5.32 Å². The van der Waals surface area contributed by atoms with Crippen molar-refractivity contribution >= 4 is 23.3 Å². The highest BCUT2D eigenvalue weighted by Crippen LogP contribution is 2.24. The van der Waals surface area contributed by atoms with Gasteiger partial charge in [0, 0.05) is 37.4 Å². The molecule has 0 bridgehead atoms. The molecule has 0 radical (unpaired) electrons. The van der Waals surface area contributed by atoms with Gasteiger partial charge >= 0.3 is 6.03 Å². The summed E-state index contributed by atoms with van der Waals surface area (Å²) in [6.07, 6.45) is 2.86. The number of imide groups is 1. The number of urea groups is 1. The number of nitrogens with one attached hydrogen (secondary N) is 1. The third-order valence-corrected chi connectivity index (χ3v) is 3.69. The van der Waals surface area contributed by atoms with Gasteiger partial charge in [0.05, 0.1) is 0 Å². The van der Waals surface area contributed by atoms with E-state index in [1.165, 1.54) is 18.5 Å². The summed E-state index contributed by atoms with van der Waals surface area (Å²) in [5.41, 5.74) is 2.04. The van der Waals surface area contributed by atoms with Gasteiger partial charge < -0.3 is 4.90 Å². The van der Waals surface area contributed by atoms with Crippen molar-refractivity contribution in [3.63, 3.8) is 0 Å². The molecule has 3 rings (SSSR count). The topological polar surface area (TPSA) is 52.7 Å². The number of hydrogen-bond acceptors (Lipinski definition) is 3. The minimum absolute atomic E-state index is 0.199. The molecule has 2 heterocycles. The summed E-state index contributed by atoms with van der Waals surface area (Å²) < 4.78 is 0. The summed E-state index contributed by atoms with van der Waals surface area (Å²) in [7, 11) is 0. The highest BCUT2D eigenvalue weighted by molar-refractivity contribution is 6.05. The van der Waals surface area contributed by atoms with Crippen LogP contribution in [0.15, 0.2) is 24.3 Å². The van der Waals surface area contributed by atoms with E-state index in [-0.39, 0.29) is 11.9 Å². The fraction of sp³-hybridized carbons (Fsp3) is 0.429. The van der Waals surface area contributed by atoms with E-state index >= 15 is 0 Å². The second kappa shape index (κ2) is 4.91. The monoisotopic (exact) mass is 259 g/mol. The molecule has 0 atom stereocenters. The number of carbonyl (C=O) groups is 2. The molecular formula is C14H17N3O2. The van der Waals surface area contributed by atoms with Crippen molar-refractivity contribution in [2.24, 2.45) is 0 Å². The van der Waals surface area contributed by atoms with Crippen molar-refractivity contribution in [2.45, 2.75) is 19.3 Å². The van der Waals surface area contributed by atoms with E-state index in [9.17, 15) is 9.59 Å². The van der Waals surface area contributed by atoms with Crippen LogP contribution in [0.5, 0.6) is 0 Å². The number of rotatable bonds is 2. The fourth-order valence-electron chi connectivity index (χ4n) is 2.63. The molecule has 0 saturated carbocycles. The van der Waals surface area contributed by atoms with Crippen LogP contribution < -0.4 is 15.1 Å². The van der Waals surface area contributed by atoms with Crippen molar-refractivity contribution in [3.8, 4) is 0 Å². The molecule has 19 heavy (non-hydrogen) atoms. The minimum Gasteiger partial charge on any atom is -0.372 e. The van der Waals surface area contributed by atoms with Gasteiger partial charge in [-0.1, -0.05) is 0 Å². The Balaban J connectivity index is 1.75. The van der Waals surface area contributed by atoms with E-state index in [0.717, 1.165) is 18.8 Å². The second-order valence-corrected chi connectivity index (χ2v) is 4.97. The third-order valence-electron chi connectivity index (χ3n) is 3.69. The summed E-state index contributed by atoms with van der Waals surface area (Å²) in [6, 6.07) is 7.66. The smallest absolute Gasteiger partial charge is 0.328 e. The van der Waals surface area contributed by atoms with Crippen LogP contribution in [-0.2, 0) is 4.79 Å². The van der Waals surface area contributed by atoms with E-state index in [1.807, 2.05) is 24.3 Å². The highest BCUT2D eigenvalue weighted by Gasteiger charge is 2.24. The number of amides is 3. The predicted octanol–water partition coefficient (Wildman–Crippen LogP) is 1.73. The number of nitrogens with zero attached hydrogens (tertiary/aromatic N) is 2. The van der Waals surface area contributed by atoms with Crippen molar-refractivity contribution < 1.29 is 9.59 Å². The lowest BCUT2D eigenvalue weighted by atomic mass is 10.2. The first-order valence-corrected chi connectivity index (χ1v) is 6.70. The highest BCUT2D eigenvalue weighted by atomic mass is 16.2. The first kappa shape index (κ1) is 12.0. The molecule has 1 aromatic rings. The Kier molecular flexibility index (Phi) is 3.11. The second-order valence-electron chi connectivity index (χ2n) is 4.97. The van der Waals surface area contributed by atoms with E-state index < -0.39 is 0 Å². The van der Waals surface area contributed by atoms with Gasteiger partial charge in [-0.15, -0.1) is 0 Å². The lowest BCUT2D eigenvalue weighted by Crippen LogP contribution is -2.49. The van der Waals surface area contributed by atoms with E-state index in [1.54, 1.807) is 4.90 Å². The molecule has 5 heteroatoms. The molecule has 0 aromatic heterocycles. The number of benzene rings is 1. The Hall–Kier alpha value is -2.04. The molecule has 100 valence electrons. The van der Waals surface area contributed by atoms with E-state index in [2.05, 4.69) is 10.2 Å². The van der Waals surface area contributed by atoms with Gasteiger partial charge in [-0.05, 0) is 37.1 Å². The first-order chi connectivity index (χ1) is 9.24. The molecule has 1 aromatic carbocycles. The van der Waals surface area contributed by atoms with Crippen LogP contribution in [0.3, 0.4) is 0 Å². The Morgan fingerprint density at radius 1 is 0.895 bits per heavy atom. The van der Waals surface area contributed by atoms with Crippen molar-refractivity contribution in [2.75, 3.05) is 29.4 Å². The Bertz CT molecular complexity index is 492. The van der Waals surface area contributed by atoms with Crippen LogP contribution in [0, 0.1) is 0 Å². The lowest BCUT2D eigenvalue weighted by Gasteiger charge is -2.27. The summed E-state index contributed by atoms with van der Waals surface area (Å²) in [5, 5.41) is 2.34. The predicted molar refractivity (Wildman–Crippen MR) is 73.4 cm³/mol. The minimum atomic E-state index is -0.329. The molecule has 1 N–H and O–H groups in total. The maximum absolute atomic E-state index is 11.7. The van der Waals surface area contributed by atoms with Crippen LogP contribution >= 0.6 is 0 Å². The Morgan fingerprint density at radius 2 is 1.53 bits per heavy atom. The summed E-state index contributed by atoms with van der Waals surface area (Å²) >= 11 is 0. The number of carbonyl (C=O) groups excluding carboxylic acids is 2. The summed E-state index contributed by atoms with van der Waals surface area (Å²) in [4.78, 5) is 26.8. The molecular weight excluding hydrogens is 242 g/mol. The maximum Gasteiger partial charge on any atom is 0.328 e. The van der Waals surface area contributed by atoms with E-state index in [4.69, 9.17) is 0 Å². The van der Waals surface area contributed by atoms with Gasteiger partial charge in [-0.2, -0.15) is 0 Å². The molecule has 2 fully saturated rings. The fourth-order valence-corrected chi connectivity index (χ4v) is 2.63. The SMILES string of the molecule is O=C1CCN(c2ccc(N3CCCC3)cc2)C(=O)N1. The molecule has 2 aliphatic heterocycles. The van der Waals surface area contributed by atoms with Gasteiger partial charge in [0.15, 0.2) is 0 Å². The van der Waals surface area contributed by atoms with Crippen LogP contribution in [0.1, 0.15) is 19.3 Å². The zero-order chi connectivity index (χ0) is 13.2. The van der Waals surface area contributed by atoms with Crippen molar-refractivity contribution in [3.05, 3.63) is 24.3 Å². The van der Waals surface area contributed by atoms with Gasteiger partial charge in [-0.25, -0.2) is 4.79 Å². The van der Waals surface area contributed by atoms with Gasteiger partial charge in [0.1, 0.15) is 0 Å².